The number of esters is 1. The quantitative estimate of drug-likeness (QED) is 0.209. The highest BCUT2D eigenvalue weighted by atomic mass is 32.2. The van der Waals surface area contributed by atoms with Crippen LogP contribution >= 0.6 is 11.8 Å². The zero-order valence-corrected chi connectivity index (χ0v) is 17.8. The Morgan fingerprint density at radius 1 is 1.19 bits per heavy atom. The number of β-lactam (4-membered cyclic amide) rings is 1. The monoisotopic (exact) mass is 464 g/mol. The highest BCUT2D eigenvalue weighted by Gasteiger charge is 2.55. The fourth-order valence-corrected chi connectivity index (χ4v) is 4.91. The van der Waals surface area contributed by atoms with E-state index in [-0.39, 0.29) is 16.9 Å². The number of nitrogens with one attached hydrogen (secondary N) is 1. The van der Waals surface area contributed by atoms with Crippen LogP contribution in [0.1, 0.15) is 18.4 Å². The summed E-state index contributed by atoms with van der Waals surface area (Å²) in [6.07, 6.45) is -2.40. The predicted octanol–water partition coefficient (Wildman–Crippen LogP) is 0.129. The van der Waals surface area contributed by atoms with Crippen LogP contribution in [-0.2, 0) is 33.4 Å². The highest BCUT2D eigenvalue weighted by Crippen LogP contribution is 2.42. The Bertz CT molecular complexity index is 994. The zero-order valence-electron chi connectivity index (χ0n) is 17.0. The van der Waals surface area contributed by atoms with E-state index in [1.54, 1.807) is 18.2 Å². The van der Waals surface area contributed by atoms with Crippen molar-refractivity contribution in [3.8, 4) is 0 Å². The number of fused-ring (bicyclic) bond motifs is 1. The van der Waals surface area contributed by atoms with Crippen LogP contribution in [-0.4, -0.2) is 75.4 Å². The van der Waals surface area contributed by atoms with Gasteiger partial charge in [0, 0.05) is 25.4 Å². The Morgan fingerprint density at radius 3 is 2.38 bits per heavy atom. The Labute approximate surface area is 186 Å². The van der Waals surface area contributed by atoms with E-state index in [1.807, 2.05) is 0 Å². The lowest BCUT2D eigenvalue weighted by Gasteiger charge is -2.49. The van der Waals surface area contributed by atoms with Crippen LogP contribution < -0.4 is 5.32 Å². The SMILES string of the molecule is CO[C@@H]1C(=O)N2C(C(=O)O)=C(C(NC(=O)C(C(=O)O)c3ccccc3)OC(C)=O)CS[C@H]12. The molecule has 0 radical (unpaired) electrons. The van der Waals surface area contributed by atoms with Crippen molar-refractivity contribution in [3.63, 3.8) is 0 Å². The molecule has 0 aliphatic carbocycles. The van der Waals surface area contributed by atoms with E-state index in [0.29, 0.717) is 0 Å². The van der Waals surface area contributed by atoms with E-state index in [2.05, 4.69) is 5.32 Å². The molecule has 3 N–H and O–H groups in total. The number of nitrogens with zero attached hydrogens (tertiary/aromatic N) is 1. The van der Waals surface area contributed by atoms with Gasteiger partial charge < -0.3 is 25.0 Å². The maximum atomic E-state index is 12.9. The van der Waals surface area contributed by atoms with Crippen LogP contribution in [0.5, 0.6) is 0 Å². The number of carbonyl (C=O) groups excluding carboxylic acids is 3. The number of hydrogen-bond donors (Lipinski definition) is 3. The molecule has 1 fully saturated rings. The summed E-state index contributed by atoms with van der Waals surface area (Å²) >= 11 is 1.17. The Kier molecular flexibility index (Phi) is 6.84. The molecular formula is C20H20N2O9S. The third-order valence-electron chi connectivity index (χ3n) is 4.92. The van der Waals surface area contributed by atoms with Crippen molar-refractivity contribution < 1.29 is 43.7 Å². The maximum Gasteiger partial charge on any atom is 0.352 e. The van der Waals surface area contributed by atoms with E-state index < -0.39 is 59.0 Å². The van der Waals surface area contributed by atoms with Gasteiger partial charge in [0.15, 0.2) is 12.0 Å². The standard InChI is InChI=1S/C20H20N2O9S/c1-9(23)31-16(21-15(24)12(19(26)27)10-6-4-3-5-7-10)11-8-32-18-14(30-2)17(25)22(18)13(11)20(28)29/h3-7,12,14,16,18H,8H2,1-2H3,(H,21,24)(H,26,27)(H,28,29)/t12?,14-,16?,18-/m1/s1. The minimum atomic E-state index is -1.63. The summed E-state index contributed by atoms with van der Waals surface area (Å²) < 4.78 is 10.2. The van der Waals surface area contributed by atoms with Gasteiger partial charge in [0.25, 0.3) is 5.91 Å². The molecule has 2 amide bonds. The van der Waals surface area contributed by atoms with E-state index in [4.69, 9.17) is 9.47 Å². The molecule has 2 aliphatic rings. The molecule has 0 aromatic heterocycles. The van der Waals surface area contributed by atoms with Crippen LogP contribution in [0.2, 0.25) is 0 Å². The molecule has 1 aromatic rings. The number of carboxylic acid groups (broad SMARTS) is 2. The third kappa shape index (κ3) is 4.32. The molecule has 2 aliphatic heterocycles. The van der Waals surface area contributed by atoms with Gasteiger partial charge in [-0.2, -0.15) is 0 Å². The molecule has 4 atom stereocenters. The molecular weight excluding hydrogens is 444 g/mol. The number of aliphatic carboxylic acids is 2. The van der Waals surface area contributed by atoms with Crippen LogP contribution in [0.4, 0.5) is 0 Å². The lowest BCUT2D eigenvalue weighted by molar-refractivity contribution is -0.162. The number of thioether (sulfide) groups is 1. The first-order valence-electron chi connectivity index (χ1n) is 9.36. The van der Waals surface area contributed by atoms with E-state index in [1.165, 1.54) is 31.0 Å². The Hall–Kier alpha value is -3.38. The summed E-state index contributed by atoms with van der Waals surface area (Å²) in [7, 11) is 1.33. The molecule has 0 saturated carbocycles. The number of ether oxygens (including phenoxy) is 2. The molecule has 1 aromatic carbocycles. The highest BCUT2D eigenvalue weighted by molar-refractivity contribution is 8.00. The fraction of sp³-hybridized carbons (Fsp3) is 0.350. The first-order chi connectivity index (χ1) is 15.2. The topological polar surface area (TPSA) is 160 Å². The normalized spacial score (nSPS) is 21.7. The maximum absolute atomic E-state index is 12.9. The van der Waals surface area contributed by atoms with Crippen molar-refractivity contribution in [3.05, 3.63) is 47.2 Å². The van der Waals surface area contributed by atoms with Gasteiger partial charge in [-0.05, 0) is 5.56 Å². The average molecular weight is 464 g/mol. The third-order valence-corrected chi connectivity index (χ3v) is 6.20. The number of benzene rings is 1. The van der Waals surface area contributed by atoms with Gasteiger partial charge in [0.2, 0.25) is 12.1 Å². The Balaban J connectivity index is 1.97. The molecule has 0 spiro atoms. The van der Waals surface area contributed by atoms with Crippen molar-refractivity contribution in [2.24, 2.45) is 0 Å². The molecule has 1 saturated heterocycles. The summed E-state index contributed by atoms with van der Waals surface area (Å²) in [5, 5.41) is 21.1. The number of hydrogen-bond acceptors (Lipinski definition) is 8. The van der Waals surface area contributed by atoms with Crippen molar-refractivity contribution in [1.29, 1.82) is 0 Å². The molecule has 12 heteroatoms. The van der Waals surface area contributed by atoms with E-state index in [0.717, 1.165) is 11.8 Å². The zero-order chi connectivity index (χ0) is 23.6. The minimum Gasteiger partial charge on any atom is -0.480 e. The Morgan fingerprint density at radius 2 is 1.84 bits per heavy atom. The number of carboxylic acids is 2. The number of rotatable bonds is 8. The second-order valence-electron chi connectivity index (χ2n) is 6.93. The molecule has 32 heavy (non-hydrogen) atoms. The lowest BCUT2D eigenvalue weighted by Crippen LogP contribution is -2.66. The van der Waals surface area contributed by atoms with Crippen molar-refractivity contribution in [1.82, 2.24) is 10.2 Å². The second kappa shape index (κ2) is 9.40. The first kappa shape index (κ1) is 23.3. The van der Waals surface area contributed by atoms with Gasteiger partial charge in [-0.25, -0.2) is 4.79 Å². The largest absolute Gasteiger partial charge is 0.480 e. The van der Waals surface area contributed by atoms with Crippen molar-refractivity contribution in [2.45, 2.75) is 30.5 Å². The van der Waals surface area contributed by atoms with Gasteiger partial charge in [0.05, 0.1) is 0 Å². The smallest absolute Gasteiger partial charge is 0.352 e. The van der Waals surface area contributed by atoms with Crippen LogP contribution in [0.3, 0.4) is 0 Å². The fourth-order valence-electron chi connectivity index (χ4n) is 3.51. The van der Waals surface area contributed by atoms with Gasteiger partial charge >= 0.3 is 17.9 Å². The van der Waals surface area contributed by atoms with Crippen LogP contribution in [0.25, 0.3) is 0 Å². The number of amides is 2. The summed E-state index contributed by atoms with van der Waals surface area (Å²) in [6, 6.07) is 7.68. The molecule has 2 unspecified atom stereocenters. The van der Waals surface area contributed by atoms with Gasteiger partial charge in [-0.1, -0.05) is 30.3 Å². The summed E-state index contributed by atoms with van der Waals surface area (Å²) in [5.41, 5.74) is -0.307. The molecule has 3 rings (SSSR count). The average Bonchev–Trinajstić information content (AvgIpc) is 2.72. The van der Waals surface area contributed by atoms with Crippen molar-refractivity contribution >= 4 is 41.5 Å². The first-order valence-corrected chi connectivity index (χ1v) is 10.4. The summed E-state index contributed by atoms with van der Waals surface area (Å²) in [5.74, 6) is -6.97. The minimum absolute atomic E-state index is 0.00274. The predicted molar refractivity (Wildman–Crippen MR) is 109 cm³/mol. The lowest BCUT2D eigenvalue weighted by atomic mass is 9.98. The van der Waals surface area contributed by atoms with E-state index in [9.17, 15) is 34.2 Å². The van der Waals surface area contributed by atoms with E-state index >= 15 is 0 Å². The molecule has 11 nitrogen and oxygen atoms in total. The molecule has 0 bridgehead atoms. The number of carbonyl (C=O) groups is 5. The summed E-state index contributed by atoms with van der Waals surface area (Å²) in [6.45, 7) is 1.06. The number of methoxy groups -OCH3 is 1. The summed E-state index contributed by atoms with van der Waals surface area (Å²) in [4.78, 5) is 61.7. The molecule has 2 heterocycles. The van der Waals surface area contributed by atoms with Gasteiger partial charge in [0.1, 0.15) is 11.1 Å². The van der Waals surface area contributed by atoms with Crippen LogP contribution in [0.15, 0.2) is 41.6 Å². The van der Waals surface area contributed by atoms with Crippen LogP contribution in [0, 0.1) is 0 Å². The second-order valence-corrected chi connectivity index (χ2v) is 8.03. The van der Waals surface area contributed by atoms with Gasteiger partial charge in [-0.3, -0.25) is 24.1 Å². The van der Waals surface area contributed by atoms with Gasteiger partial charge in [-0.15, -0.1) is 11.8 Å². The van der Waals surface area contributed by atoms with Crippen molar-refractivity contribution in [2.75, 3.05) is 12.9 Å². The molecule has 170 valence electrons.